The van der Waals surface area contributed by atoms with E-state index in [9.17, 15) is 19.3 Å². The Morgan fingerprint density at radius 3 is 1.86 bits per heavy atom. The Bertz CT molecular complexity index is 1160. The van der Waals surface area contributed by atoms with E-state index in [0.29, 0.717) is 12.8 Å². The third-order valence-corrected chi connectivity index (χ3v) is 11.3. The third-order valence-electron chi connectivity index (χ3n) is 9.87. The smallest absolute Gasteiger partial charge is 0.454 e. The van der Waals surface area contributed by atoms with Crippen molar-refractivity contribution in [3.05, 3.63) is 50.1 Å². The number of rotatable bonds is 39. The van der Waals surface area contributed by atoms with Gasteiger partial charge in [-0.25, -0.2) is 9.36 Å². The second-order valence-corrected chi connectivity index (χ2v) is 16.5. The Kier molecular flexibility index (Phi) is 33.7. The molecule has 1 heterocycles. The van der Waals surface area contributed by atoms with E-state index in [4.69, 9.17) is 42.0 Å². The average molecular weight is 859 g/mol. The Morgan fingerprint density at radius 2 is 1.27 bits per heavy atom. The minimum atomic E-state index is -4.41. The number of phosphoric acid groups is 1. The summed E-state index contributed by atoms with van der Waals surface area (Å²) in [5.74, 6) is -0.565. The maximum atomic E-state index is 14.0. The Balaban J connectivity index is 3.05. The fourth-order valence-corrected chi connectivity index (χ4v) is 7.89. The van der Waals surface area contributed by atoms with Crippen molar-refractivity contribution in [1.29, 1.82) is 0 Å². The predicted molar refractivity (Wildman–Crippen MR) is 231 cm³/mol. The van der Waals surface area contributed by atoms with Crippen LogP contribution in [-0.2, 0) is 51.4 Å². The maximum absolute atomic E-state index is 14.0. The van der Waals surface area contributed by atoms with Crippen LogP contribution in [0.15, 0.2) is 50.1 Å². The zero-order valence-corrected chi connectivity index (χ0v) is 37.5. The number of methoxy groups -OCH3 is 1. The number of phosphoric ester groups is 1. The molecule has 0 aromatic heterocycles. The van der Waals surface area contributed by atoms with Crippen LogP contribution in [0.3, 0.4) is 0 Å². The fraction of sp³-hybridized carbons (Fsp3) is 0.778. The summed E-state index contributed by atoms with van der Waals surface area (Å²) >= 11 is 0. The molecule has 1 aliphatic heterocycles. The van der Waals surface area contributed by atoms with Crippen molar-refractivity contribution in [3.8, 4) is 0 Å². The normalized spacial score (nSPS) is 20.0. The van der Waals surface area contributed by atoms with Crippen LogP contribution in [0.5, 0.6) is 0 Å². The van der Waals surface area contributed by atoms with Gasteiger partial charge in [0, 0.05) is 20.1 Å². The van der Waals surface area contributed by atoms with E-state index in [2.05, 4.69) is 45.7 Å². The first-order valence-electron chi connectivity index (χ1n) is 22.2. The lowest BCUT2D eigenvalue weighted by Gasteiger charge is -2.44. The Labute approximate surface area is 356 Å². The van der Waals surface area contributed by atoms with E-state index in [1.54, 1.807) is 7.11 Å². The van der Waals surface area contributed by atoms with Crippen LogP contribution in [0, 0.1) is 0 Å². The zero-order chi connectivity index (χ0) is 43.4. The molecule has 14 heteroatoms. The molecule has 1 unspecified atom stereocenters. The van der Waals surface area contributed by atoms with Gasteiger partial charge in [0.05, 0.1) is 19.3 Å². The highest BCUT2D eigenvalue weighted by Crippen LogP contribution is 2.52. The van der Waals surface area contributed by atoms with Gasteiger partial charge >= 0.3 is 19.9 Å². The van der Waals surface area contributed by atoms with Gasteiger partial charge in [0.15, 0.2) is 12.4 Å². The summed E-state index contributed by atoms with van der Waals surface area (Å²) in [6.45, 7) is 14.2. The molecule has 0 bridgehead atoms. The summed E-state index contributed by atoms with van der Waals surface area (Å²) < 4.78 is 64.9. The summed E-state index contributed by atoms with van der Waals surface area (Å²) in [5.41, 5.74) is 0. The number of hydrogen-bond acceptors (Lipinski definition) is 13. The topological polar surface area (TPSA) is 155 Å². The molecule has 0 aliphatic carbocycles. The van der Waals surface area contributed by atoms with Crippen LogP contribution < -0.4 is 0 Å². The van der Waals surface area contributed by atoms with Gasteiger partial charge in [-0.05, 0) is 44.9 Å². The number of aliphatic hydroxyl groups excluding tert-OH is 1. The number of ether oxygens (including phenoxy) is 6. The van der Waals surface area contributed by atoms with Crippen molar-refractivity contribution >= 4 is 19.9 Å². The molecule has 0 aromatic carbocycles. The second kappa shape index (κ2) is 36.3. The predicted octanol–water partition coefficient (Wildman–Crippen LogP) is 11.0. The number of unbranched alkanes of at least 4 members (excludes halogenated alkanes) is 15. The number of aliphatic hydroxyl groups is 1. The number of allylic oxidation sites excluding steroid dienone is 2. The van der Waals surface area contributed by atoms with Crippen molar-refractivity contribution in [2.45, 2.75) is 185 Å². The molecule has 0 spiro atoms. The van der Waals surface area contributed by atoms with E-state index < -0.39 is 57.3 Å². The summed E-state index contributed by atoms with van der Waals surface area (Å²) in [7, 11) is -2.76. The van der Waals surface area contributed by atoms with Gasteiger partial charge in [0.25, 0.3) is 0 Å². The first-order chi connectivity index (χ1) is 28.7. The highest BCUT2D eigenvalue weighted by molar-refractivity contribution is 7.48. The molecule has 59 heavy (non-hydrogen) atoms. The molecule has 0 radical (unpaired) electrons. The number of esters is 1. The number of hydrogen-bond donors (Lipinski definition) is 1. The Hall–Kier alpha value is -2.35. The lowest BCUT2D eigenvalue weighted by Crippen LogP contribution is -2.61. The summed E-state index contributed by atoms with van der Waals surface area (Å²) in [6, 6.07) is 0. The lowest BCUT2D eigenvalue weighted by atomic mass is 9.98. The van der Waals surface area contributed by atoms with E-state index in [-0.39, 0.29) is 39.0 Å². The SMILES string of the molecule is C=CCOC(=O)OC[C@H]1OC(O)[C@H](OC(=O)CCCCCCCCC/C=C\CCCCCC)[C@@H](OCC[C@@H](CCCCCCC)OC)[C@@H]1OP(=O)(OCC=C)OCC=C. The van der Waals surface area contributed by atoms with Crippen LogP contribution in [-0.4, -0.2) is 94.2 Å². The van der Waals surface area contributed by atoms with Crippen molar-refractivity contribution in [3.63, 3.8) is 0 Å². The van der Waals surface area contributed by atoms with Crippen LogP contribution >= 0.6 is 7.82 Å². The highest BCUT2D eigenvalue weighted by atomic mass is 31.2. The van der Waals surface area contributed by atoms with Gasteiger partial charge in [-0.1, -0.05) is 134 Å². The Morgan fingerprint density at radius 1 is 0.712 bits per heavy atom. The molecular formula is C45H79O13P. The fourth-order valence-electron chi connectivity index (χ4n) is 6.57. The number of carbonyl (C=O) groups is 2. The maximum Gasteiger partial charge on any atom is 0.508 e. The van der Waals surface area contributed by atoms with E-state index in [1.807, 2.05) is 0 Å². The van der Waals surface area contributed by atoms with Gasteiger partial charge in [-0.15, -0.1) is 13.2 Å². The largest absolute Gasteiger partial charge is 0.508 e. The van der Waals surface area contributed by atoms with Crippen LogP contribution in [0.25, 0.3) is 0 Å². The van der Waals surface area contributed by atoms with E-state index in [0.717, 1.165) is 64.2 Å². The number of carbonyl (C=O) groups excluding carboxylic acids is 2. The summed E-state index contributed by atoms with van der Waals surface area (Å²) in [4.78, 5) is 25.6. The van der Waals surface area contributed by atoms with Crippen molar-refractivity contribution < 1.29 is 61.3 Å². The molecule has 0 aromatic rings. The van der Waals surface area contributed by atoms with Gasteiger partial charge < -0.3 is 33.5 Å². The molecule has 1 aliphatic rings. The molecule has 6 atom stereocenters. The molecule has 1 N–H and O–H groups in total. The third kappa shape index (κ3) is 26.6. The van der Waals surface area contributed by atoms with Crippen LogP contribution in [0.2, 0.25) is 0 Å². The molecule has 342 valence electrons. The molecular weight excluding hydrogens is 779 g/mol. The minimum Gasteiger partial charge on any atom is -0.454 e. The molecule has 1 saturated heterocycles. The average Bonchev–Trinajstić information content (AvgIpc) is 3.23. The molecule has 1 rings (SSSR count). The van der Waals surface area contributed by atoms with Gasteiger partial charge in [-0.2, -0.15) is 0 Å². The standard InChI is InChI=1S/C45H79O13P/c1-7-12-14-16-17-18-19-20-21-22-23-24-25-27-29-31-40(46)57-43-42(51-36-32-38(50-6)30-28-26-15-13-8-2)41(58-59(49,54-34-10-4)55-35-11-5)39(56-44(43)47)37-53-45(48)52-33-9-3/h9-11,18-19,38-39,41-44,47H,3-5,7-8,12-17,20-37H2,1-2,6H3/b19-18-/t38-,39-,41-,42+,43-,44?/m1/s1. The monoisotopic (exact) mass is 859 g/mol. The molecule has 13 nitrogen and oxygen atoms in total. The lowest BCUT2D eigenvalue weighted by molar-refractivity contribution is -0.296. The minimum absolute atomic E-state index is 0.0917. The van der Waals surface area contributed by atoms with Gasteiger partial charge in [0.2, 0.25) is 0 Å². The van der Waals surface area contributed by atoms with Gasteiger partial charge in [-0.3, -0.25) is 18.4 Å². The first kappa shape index (κ1) is 54.7. The molecule has 0 saturated carbocycles. The second-order valence-electron chi connectivity index (χ2n) is 14.9. The first-order valence-corrected chi connectivity index (χ1v) is 23.7. The van der Waals surface area contributed by atoms with Crippen molar-refractivity contribution in [1.82, 2.24) is 0 Å². The van der Waals surface area contributed by atoms with E-state index in [1.165, 1.54) is 69.6 Å². The quantitative estimate of drug-likeness (QED) is 0.0270. The van der Waals surface area contributed by atoms with Gasteiger partial charge in [0.1, 0.15) is 31.5 Å². The van der Waals surface area contributed by atoms with Crippen LogP contribution in [0.1, 0.15) is 149 Å². The highest BCUT2D eigenvalue weighted by Gasteiger charge is 2.52. The molecule has 1 fully saturated rings. The molecule has 0 amide bonds. The summed E-state index contributed by atoms with van der Waals surface area (Å²) in [5, 5.41) is 11.3. The van der Waals surface area contributed by atoms with Crippen LogP contribution in [0.4, 0.5) is 4.79 Å². The van der Waals surface area contributed by atoms with Crippen molar-refractivity contribution in [2.24, 2.45) is 0 Å². The van der Waals surface area contributed by atoms with E-state index >= 15 is 0 Å². The summed E-state index contributed by atoms with van der Waals surface area (Å²) in [6.07, 6.45) is 21.9. The zero-order valence-electron chi connectivity index (χ0n) is 36.7. The van der Waals surface area contributed by atoms with Crippen molar-refractivity contribution in [2.75, 3.05) is 40.1 Å².